The summed E-state index contributed by atoms with van der Waals surface area (Å²) in [4.78, 5) is 2.62. The van der Waals surface area contributed by atoms with Crippen LogP contribution in [0, 0.1) is 0 Å². The van der Waals surface area contributed by atoms with Crippen molar-refractivity contribution in [3.05, 3.63) is 162 Å². The second-order valence-electron chi connectivity index (χ2n) is 18.9. The molecule has 0 radical (unpaired) electrons. The zero-order valence-corrected chi connectivity index (χ0v) is 34.1. The molecule has 3 aromatic heterocycles. The molecule has 0 fully saturated rings. The standard InChI is InChI=1S/C55H39BN2O2/c1-54(2,3)30-18-20-31(21-19-30)58-46-29-51-40(33-13-7-11-17-49(33)60-51)24-38(46)35-22-23-36-39-25-41-34-14-8-10-16-48(34)59-50(41)28-45(39)57-47-26-37-32-12-6-9-15-42(32)55(4,5)43(37)27-44(47)56(58)52(35)53(36)57/h6-29H,1-5H3. The molecule has 4 nitrogen and oxygen atoms in total. The van der Waals surface area contributed by atoms with E-state index in [0.717, 1.165) is 55.3 Å². The molecule has 0 saturated carbocycles. The molecule has 0 spiro atoms. The van der Waals surface area contributed by atoms with Crippen molar-refractivity contribution in [1.82, 2.24) is 4.57 Å². The normalized spacial score (nSPS) is 14.8. The van der Waals surface area contributed by atoms with Crippen LogP contribution in [0.3, 0.4) is 0 Å². The zero-order valence-electron chi connectivity index (χ0n) is 34.1. The summed E-state index contributed by atoms with van der Waals surface area (Å²) < 4.78 is 15.8. The van der Waals surface area contributed by atoms with Crippen molar-refractivity contribution >= 4 is 94.8 Å². The van der Waals surface area contributed by atoms with E-state index in [2.05, 4.69) is 190 Å². The Morgan fingerprint density at radius 2 is 1.18 bits per heavy atom. The molecule has 60 heavy (non-hydrogen) atoms. The summed E-state index contributed by atoms with van der Waals surface area (Å²) in [5.74, 6) is 0. The van der Waals surface area contributed by atoms with E-state index >= 15 is 0 Å². The average Bonchev–Trinajstić information content (AvgIpc) is 3.97. The lowest BCUT2D eigenvalue weighted by molar-refractivity contribution is 0.590. The van der Waals surface area contributed by atoms with Crippen LogP contribution in [-0.4, -0.2) is 11.4 Å². The van der Waals surface area contributed by atoms with Gasteiger partial charge in [0.2, 0.25) is 0 Å². The molecule has 2 aliphatic heterocycles. The molecule has 0 amide bonds. The molecule has 11 aromatic rings. The van der Waals surface area contributed by atoms with Crippen LogP contribution in [0.25, 0.3) is 93.6 Å². The van der Waals surface area contributed by atoms with Crippen molar-refractivity contribution in [1.29, 1.82) is 0 Å². The van der Waals surface area contributed by atoms with E-state index in [1.807, 2.05) is 0 Å². The van der Waals surface area contributed by atoms with Gasteiger partial charge in [-0.1, -0.05) is 126 Å². The highest BCUT2D eigenvalue weighted by atomic mass is 16.3. The van der Waals surface area contributed by atoms with E-state index in [9.17, 15) is 0 Å². The fourth-order valence-corrected chi connectivity index (χ4v) is 11.4. The molecule has 0 N–H and O–H groups in total. The lowest BCUT2D eigenvalue weighted by Gasteiger charge is -2.42. The van der Waals surface area contributed by atoms with Crippen LogP contribution < -0.4 is 15.7 Å². The Morgan fingerprint density at radius 1 is 0.500 bits per heavy atom. The summed E-state index contributed by atoms with van der Waals surface area (Å²) in [5.41, 5.74) is 21.3. The highest BCUT2D eigenvalue weighted by Gasteiger charge is 2.46. The molecule has 5 heteroatoms. The molecule has 0 atom stereocenters. The van der Waals surface area contributed by atoms with E-state index < -0.39 is 0 Å². The van der Waals surface area contributed by atoms with E-state index in [1.165, 1.54) is 77.4 Å². The Morgan fingerprint density at radius 3 is 1.93 bits per heavy atom. The van der Waals surface area contributed by atoms with Gasteiger partial charge >= 0.3 is 6.85 Å². The van der Waals surface area contributed by atoms with E-state index in [1.54, 1.807) is 0 Å². The van der Waals surface area contributed by atoms with Gasteiger partial charge < -0.3 is 18.2 Å². The summed E-state index contributed by atoms with van der Waals surface area (Å²) >= 11 is 0. The largest absolute Gasteiger partial charge is 0.456 e. The molecule has 1 aliphatic carbocycles. The summed E-state index contributed by atoms with van der Waals surface area (Å²) in [6.07, 6.45) is 0. The Kier molecular flexibility index (Phi) is 5.92. The molecular weight excluding hydrogens is 731 g/mol. The van der Waals surface area contributed by atoms with Crippen molar-refractivity contribution < 1.29 is 8.83 Å². The summed E-state index contributed by atoms with van der Waals surface area (Å²) in [5, 5.41) is 7.07. The average molecular weight is 771 g/mol. The minimum atomic E-state index is -0.165. The third-order valence-corrected chi connectivity index (χ3v) is 14.3. The number of fused-ring (bicyclic) bond motifs is 17. The molecule has 5 heterocycles. The Bertz CT molecular complexity index is 3740. The number of furan rings is 2. The van der Waals surface area contributed by atoms with Gasteiger partial charge in [-0.15, -0.1) is 0 Å². The van der Waals surface area contributed by atoms with Crippen LogP contribution in [-0.2, 0) is 10.8 Å². The van der Waals surface area contributed by atoms with Gasteiger partial charge in [-0.25, -0.2) is 0 Å². The smallest absolute Gasteiger partial charge is 0.333 e. The van der Waals surface area contributed by atoms with Crippen LogP contribution in [0.5, 0.6) is 0 Å². The number of hydrogen-bond acceptors (Lipinski definition) is 3. The topological polar surface area (TPSA) is 34.5 Å². The Labute approximate surface area is 347 Å². The Balaban J connectivity index is 1.16. The van der Waals surface area contributed by atoms with Gasteiger partial charge in [0.15, 0.2) is 0 Å². The maximum Gasteiger partial charge on any atom is 0.333 e. The van der Waals surface area contributed by atoms with Gasteiger partial charge in [0, 0.05) is 72.5 Å². The monoisotopic (exact) mass is 770 g/mol. The van der Waals surface area contributed by atoms with Gasteiger partial charge in [-0.2, -0.15) is 0 Å². The number of rotatable bonds is 1. The summed E-state index contributed by atoms with van der Waals surface area (Å²) in [6, 6.07) is 54.4. The molecule has 284 valence electrons. The number of benzene rings is 8. The second kappa shape index (κ2) is 10.8. The third kappa shape index (κ3) is 3.98. The fourth-order valence-electron chi connectivity index (χ4n) is 11.4. The maximum absolute atomic E-state index is 6.66. The number of hydrogen-bond donors (Lipinski definition) is 0. The minimum absolute atomic E-state index is 0.0293. The first-order valence-corrected chi connectivity index (χ1v) is 21.2. The number of aromatic nitrogens is 1. The number of nitrogens with zero attached hydrogens (tertiary/aromatic N) is 2. The maximum atomic E-state index is 6.66. The molecule has 3 aliphatic rings. The third-order valence-electron chi connectivity index (χ3n) is 14.3. The first-order valence-electron chi connectivity index (χ1n) is 21.2. The molecule has 0 bridgehead atoms. The second-order valence-corrected chi connectivity index (χ2v) is 18.9. The predicted molar refractivity (Wildman–Crippen MR) is 251 cm³/mol. The van der Waals surface area contributed by atoms with Crippen molar-refractivity contribution in [2.45, 2.75) is 45.4 Å². The van der Waals surface area contributed by atoms with Gasteiger partial charge in [0.05, 0.1) is 11.0 Å². The summed E-state index contributed by atoms with van der Waals surface area (Å²) in [6.45, 7) is 11.5. The van der Waals surface area contributed by atoms with Gasteiger partial charge in [-0.3, -0.25) is 0 Å². The van der Waals surface area contributed by atoms with Crippen LogP contribution in [0.4, 0.5) is 11.4 Å². The zero-order chi connectivity index (χ0) is 40.0. The van der Waals surface area contributed by atoms with Crippen LogP contribution in [0.15, 0.2) is 154 Å². The highest BCUT2D eigenvalue weighted by Crippen LogP contribution is 2.52. The number of anilines is 2. The van der Waals surface area contributed by atoms with Crippen LogP contribution in [0.2, 0.25) is 0 Å². The number of para-hydroxylation sites is 2. The van der Waals surface area contributed by atoms with Gasteiger partial charge in [0.1, 0.15) is 22.3 Å². The van der Waals surface area contributed by atoms with Crippen LogP contribution >= 0.6 is 0 Å². The highest BCUT2D eigenvalue weighted by molar-refractivity contribution is 6.93. The van der Waals surface area contributed by atoms with Crippen molar-refractivity contribution in [2.24, 2.45) is 0 Å². The SMILES string of the molecule is CC(C)(C)c1ccc(N2B3c4cc5c(cc4-n4c6cc7oc8ccccc8c7cc6c6ccc(c3c64)-c3cc4c(cc32)oc2ccccc24)-c2ccccc2C5(C)C)cc1. The predicted octanol–water partition coefficient (Wildman–Crippen LogP) is 13.4. The van der Waals surface area contributed by atoms with E-state index in [4.69, 9.17) is 8.83 Å². The molecule has 0 saturated heterocycles. The van der Waals surface area contributed by atoms with E-state index in [-0.39, 0.29) is 17.7 Å². The van der Waals surface area contributed by atoms with Crippen molar-refractivity contribution in [3.63, 3.8) is 0 Å². The summed E-state index contributed by atoms with van der Waals surface area (Å²) in [7, 11) is 0. The van der Waals surface area contributed by atoms with Crippen molar-refractivity contribution in [3.8, 4) is 27.9 Å². The fraction of sp³-hybridized carbons (Fsp3) is 0.127. The molecular formula is C55H39BN2O2. The van der Waals surface area contributed by atoms with Crippen LogP contribution in [0.1, 0.15) is 51.3 Å². The molecule has 8 aromatic carbocycles. The lowest BCUT2D eigenvalue weighted by atomic mass is 9.43. The van der Waals surface area contributed by atoms with Gasteiger partial charge in [0.25, 0.3) is 0 Å². The minimum Gasteiger partial charge on any atom is -0.456 e. The first-order chi connectivity index (χ1) is 29.1. The molecule has 14 rings (SSSR count). The van der Waals surface area contributed by atoms with Crippen molar-refractivity contribution in [2.75, 3.05) is 4.81 Å². The lowest BCUT2D eigenvalue weighted by Crippen LogP contribution is -2.60. The van der Waals surface area contributed by atoms with Gasteiger partial charge in [-0.05, 0) is 92.2 Å². The first kappa shape index (κ1) is 32.9. The molecule has 0 unspecified atom stereocenters. The quantitative estimate of drug-likeness (QED) is 0.156. The Hall–Kier alpha value is -6.98. The van der Waals surface area contributed by atoms with E-state index in [0.29, 0.717) is 0 Å².